The SMILES string of the molecule is Cc1cc(C)cc(C(c2ccc(C)cc2C)N2CCCCC2C(=O)O)c1. The molecule has 0 amide bonds. The molecule has 2 aromatic carbocycles. The van der Waals surface area contributed by atoms with Crippen molar-refractivity contribution in [2.75, 3.05) is 6.54 Å². The number of aliphatic carboxylic acids is 1. The minimum atomic E-state index is -0.705. The second-order valence-electron chi connectivity index (χ2n) is 7.77. The van der Waals surface area contributed by atoms with Gasteiger partial charge < -0.3 is 5.11 Å². The molecule has 138 valence electrons. The van der Waals surface area contributed by atoms with Crippen molar-refractivity contribution in [2.24, 2.45) is 0 Å². The largest absolute Gasteiger partial charge is 0.480 e. The van der Waals surface area contributed by atoms with E-state index in [1.807, 2.05) is 0 Å². The number of carboxylic acids is 1. The van der Waals surface area contributed by atoms with Crippen LogP contribution in [0.25, 0.3) is 0 Å². The zero-order chi connectivity index (χ0) is 18.8. The molecule has 0 aliphatic carbocycles. The highest BCUT2D eigenvalue weighted by atomic mass is 16.4. The van der Waals surface area contributed by atoms with Crippen molar-refractivity contribution < 1.29 is 9.90 Å². The lowest BCUT2D eigenvalue weighted by atomic mass is 9.88. The Morgan fingerprint density at radius 1 is 1.00 bits per heavy atom. The van der Waals surface area contributed by atoms with Crippen LogP contribution < -0.4 is 0 Å². The van der Waals surface area contributed by atoms with Gasteiger partial charge >= 0.3 is 5.97 Å². The Hall–Kier alpha value is -2.13. The summed E-state index contributed by atoms with van der Waals surface area (Å²) in [5, 5.41) is 9.83. The minimum absolute atomic E-state index is 0.0180. The molecule has 3 heteroatoms. The molecule has 26 heavy (non-hydrogen) atoms. The maximum atomic E-state index is 12.0. The Kier molecular flexibility index (Phi) is 5.47. The lowest BCUT2D eigenvalue weighted by Gasteiger charge is -2.40. The van der Waals surface area contributed by atoms with Crippen LogP contribution in [-0.4, -0.2) is 28.6 Å². The fourth-order valence-electron chi connectivity index (χ4n) is 4.38. The second kappa shape index (κ2) is 7.63. The number of hydrogen-bond donors (Lipinski definition) is 1. The van der Waals surface area contributed by atoms with Gasteiger partial charge in [0.1, 0.15) is 6.04 Å². The summed E-state index contributed by atoms with van der Waals surface area (Å²) in [4.78, 5) is 14.2. The van der Waals surface area contributed by atoms with Crippen molar-refractivity contribution in [1.29, 1.82) is 0 Å². The molecule has 1 fully saturated rings. The molecule has 0 aromatic heterocycles. The molecule has 1 saturated heterocycles. The number of nitrogens with zero attached hydrogens (tertiary/aromatic N) is 1. The maximum Gasteiger partial charge on any atom is 0.320 e. The Morgan fingerprint density at radius 3 is 2.31 bits per heavy atom. The zero-order valence-corrected chi connectivity index (χ0v) is 16.2. The van der Waals surface area contributed by atoms with Crippen LogP contribution in [0.3, 0.4) is 0 Å². The molecule has 1 N–H and O–H groups in total. The number of hydrogen-bond acceptors (Lipinski definition) is 2. The van der Waals surface area contributed by atoms with Gasteiger partial charge in [0.25, 0.3) is 0 Å². The Bertz CT molecular complexity index is 792. The van der Waals surface area contributed by atoms with Crippen LogP contribution in [0.2, 0.25) is 0 Å². The fourth-order valence-corrected chi connectivity index (χ4v) is 4.38. The van der Waals surface area contributed by atoms with Crippen molar-refractivity contribution in [3.63, 3.8) is 0 Å². The van der Waals surface area contributed by atoms with Crippen molar-refractivity contribution in [1.82, 2.24) is 4.90 Å². The van der Waals surface area contributed by atoms with E-state index < -0.39 is 12.0 Å². The summed E-state index contributed by atoms with van der Waals surface area (Å²) in [6, 6.07) is 12.7. The van der Waals surface area contributed by atoms with E-state index in [0.29, 0.717) is 0 Å². The van der Waals surface area contributed by atoms with E-state index in [4.69, 9.17) is 0 Å². The third-order valence-electron chi connectivity index (χ3n) is 5.44. The Labute approximate surface area is 156 Å². The van der Waals surface area contributed by atoms with E-state index >= 15 is 0 Å². The molecule has 0 bridgehead atoms. The summed E-state index contributed by atoms with van der Waals surface area (Å²) in [5.41, 5.74) is 7.32. The lowest BCUT2D eigenvalue weighted by molar-refractivity contribution is -0.145. The van der Waals surface area contributed by atoms with Gasteiger partial charge in [0, 0.05) is 0 Å². The van der Waals surface area contributed by atoms with Crippen LogP contribution in [0.1, 0.15) is 58.7 Å². The molecule has 3 nitrogen and oxygen atoms in total. The zero-order valence-electron chi connectivity index (χ0n) is 16.2. The summed E-state index contributed by atoms with van der Waals surface area (Å²) in [7, 11) is 0. The van der Waals surface area contributed by atoms with Gasteiger partial charge in [0.15, 0.2) is 0 Å². The minimum Gasteiger partial charge on any atom is -0.480 e. The van der Waals surface area contributed by atoms with E-state index in [0.717, 1.165) is 25.8 Å². The molecule has 2 aromatic rings. The first-order chi connectivity index (χ1) is 12.4. The summed E-state index contributed by atoms with van der Waals surface area (Å²) >= 11 is 0. The number of aryl methyl sites for hydroxylation is 4. The summed E-state index contributed by atoms with van der Waals surface area (Å²) in [6.07, 6.45) is 2.76. The molecule has 0 radical (unpaired) electrons. The number of piperidine rings is 1. The molecule has 1 heterocycles. The highest BCUT2D eigenvalue weighted by molar-refractivity contribution is 5.73. The molecule has 3 rings (SSSR count). The van der Waals surface area contributed by atoms with E-state index in [2.05, 4.69) is 69.0 Å². The maximum absolute atomic E-state index is 12.0. The Balaban J connectivity index is 2.16. The van der Waals surface area contributed by atoms with Crippen molar-refractivity contribution in [2.45, 2.75) is 59.0 Å². The molecule has 2 atom stereocenters. The second-order valence-corrected chi connectivity index (χ2v) is 7.77. The number of rotatable bonds is 4. The topological polar surface area (TPSA) is 40.5 Å². The number of carbonyl (C=O) groups is 1. The number of carboxylic acid groups (broad SMARTS) is 1. The third-order valence-corrected chi connectivity index (χ3v) is 5.44. The first-order valence-electron chi connectivity index (χ1n) is 9.50. The summed E-state index contributed by atoms with van der Waals surface area (Å²) in [5.74, 6) is -0.705. The standard InChI is InChI=1S/C23H29NO2/c1-15-8-9-20(18(4)12-15)22(19-13-16(2)11-17(3)14-19)24-10-6-5-7-21(24)23(25)26/h8-9,11-14,21-22H,5-7,10H2,1-4H3,(H,25,26). The molecule has 2 unspecified atom stereocenters. The van der Waals surface area contributed by atoms with Gasteiger partial charge in [-0.15, -0.1) is 0 Å². The van der Waals surface area contributed by atoms with Gasteiger partial charge in [-0.05, 0) is 63.8 Å². The highest BCUT2D eigenvalue weighted by Gasteiger charge is 2.35. The van der Waals surface area contributed by atoms with E-state index in [1.54, 1.807) is 0 Å². The van der Waals surface area contributed by atoms with Crippen LogP contribution in [0.15, 0.2) is 36.4 Å². The summed E-state index contributed by atoms with van der Waals surface area (Å²) < 4.78 is 0. The van der Waals surface area contributed by atoms with Crippen LogP contribution in [-0.2, 0) is 4.79 Å². The molecule has 0 saturated carbocycles. The predicted octanol–water partition coefficient (Wildman–Crippen LogP) is 4.95. The van der Waals surface area contributed by atoms with Gasteiger partial charge in [0.2, 0.25) is 0 Å². The fraction of sp³-hybridized carbons (Fsp3) is 0.435. The van der Waals surface area contributed by atoms with Crippen LogP contribution >= 0.6 is 0 Å². The molecule has 0 spiro atoms. The smallest absolute Gasteiger partial charge is 0.320 e. The van der Waals surface area contributed by atoms with E-state index in [1.165, 1.54) is 33.4 Å². The van der Waals surface area contributed by atoms with E-state index in [9.17, 15) is 9.90 Å². The van der Waals surface area contributed by atoms with E-state index in [-0.39, 0.29) is 6.04 Å². The summed E-state index contributed by atoms with van der Waals surface area (Å²) in [6.45, 7) is 9.28. The average Bonchev–Trinajstić information content (AvgIpc) is 2.56. The van der Waals surface area contributed by atoms with Gasteiger partial charge in [-0.3, -0.25) is 9.69 Å². The highest BCUT2D eigenvalue weighted by Crippen LogP contribution is 2.36. The molecular formula is C23H29NO2. The molecule has 1 aliphatic heterocycles. The third kappa shape index (κ3) is 3.83. The monoisotopic (exact) mass is 351 g/mol. The van der Waals surface area contributed by atoms with Crippen LogP contribution in [0.4, 0.5) is 0 Å². The normalized spacial score (nSPS) is 19.3. The first kappa shape index (κ1) is 18.7. The number of likely N-dealkylation sites (tertiary alicyclic amines) is 1. The van der Waals surface area contributed by atoms with Crippen LogP contribution in [0, 0.1) is 27.7 Å². The average molecular weight is 351 g/mol. The van der Waals surface area contributed by atoms with Gasteiger partial charge in [-0.1, -0.05) is 59.5 Å². The van der Waals surface area contributed by atoms with Gasteiger partial charge in [-0.2, -0.15) is 0 Å². The van der Waals surface area contributed by atoms with Crippen molar-refractivity contribution in [3.8, 4) is 0 Å². The first-order valence-corrected chi connectivity index (χ1v) is 9.50. The van der Waals surface area contributed by atoms with Gasteiger partial charge in [0.05, 0.1) is 6.04 Å². The van der Waals surface area contributed by atoms with Gasteiger partial charge in [-0.25, -0.2) is 0 Å². The lowest BCUT2D eigenvalue weighted by Crippen LogP contribution is -2.47. The Morgan fingerprint density at radius 2 is 1.69 bits per heavy atom. The molecular weight excluding hydrogens is 322 g/mol. The quantitative estimate of drug-likeness (QED) is 0.847. The molecule has 1 aliphatic rings. The van der Waals surface area contributed by atoms with Crippen molar-refractivity contribution in [3.05, 3.63) is 69.8 Å². The predicted molar refractivity (Wildman–Crippen MR) is 106 cm³/mol. The van der Waals surface area contributed by atoms with Crippen LogP contribution in [0.5, 0.6) is 0 Å². The number of benzene rings is 2. The van der Waals surface area contributed by atoms with Crippen molar-refractivity contribution >= 4 is 5.97 Å².